The molecule has 0 aliphatic heterocycles. The molecule has 0 saturated heterocycles. The van der Waals surface area contributed by atoms with E-state index in [0.29, 0.717) is 19.3 Å². The fraction of sp³-hybridized carbons (Fsp3) is 0.846. The molecule has 1 aromatic heterocycles. The zero-order valence-corrected chi connectivity index (χ0v) is 11.6. The molecule has 1 aliphatic rings. The van der Waals surface area contributed by atoms with Crippen LogP contribution < -0.4 is 5.73 Å². The molecular formula is C13H21F3N4. The van der Waals surface area contributed by atoms with Gasteiger partial charge in [0.25, 0.3) is 0 Å². The number of rotatable bonds is 4. The van der Waals surface area contributed by atoms with Crippen LogP contribution in [0.5, 0.6) is 0 Å². The van der Waals surface area contributed by atoms with E-state index >= 15 is 0 Å². The normalized spacial score (nSPS) is 25.6. The van der Waals surface area contributed by atoms with E-state index in [1.54, 1.807) is 4.68 Å². The standard InChI is InChI=1S/C13H21F3N4/c1-2-20-12(18-8-19-20)7-11(17)9-3-5-10(6-4-9)13(14,15)16/h8-11H,2-7,17H2,1H3. The lowest BCUT2D eigenvalue weighted by molar-refractivity contribution is -0.184. The molecule has 1 unspecified atom stereocenters. The first-order chi connectivity index (χ1) is 9.41. The molecule has 0 amide bonds. The molecule has 0 spiro atoms. The minimum atomic E-state index is -4.06. The molecule has 1 aliphatic carbocycles. The van der Waals surface area contributed by atoms with E-state index < -0.39 is 12.1 Å². The van der Waals surface area contributed by atoms with Gasteiger partial charge in [-0.1, -0.05) is 0 Å². The maximum atomic E-state index is 12.6. The fourth-order valence-corrected chi connectivity index (χ4v) is 2.96. The molecule has 20 heavy (non-hydrogen) atoms. The van der Waals surface area contributed by atoms with E-state index in [1.807, 2.05) is 6.92 Å². The van der Waals surface area contributed by atoms with Gasteiger partial charge in [-0.05, 0) is 38.5 Å². The van der Waals surface area contributed by atoms with Crippen LogP contribution in [0.1, 0.15) is 38.4 Å². The first-order valence-corrected chi connectivity index (χ1v) is 7.10. The summed E-state index contributed by atoms with van der Waals surface area (Å²) in [5.74, 6) is -0.182. The molecule has 114 valence electrons. The summed E-state index contributed by atoms with van der Waals surface area (Å²) < 4.78 is 39.6. The molecule has 0 aromatic carbocycles. The molecule has 0 radical (unpaired) electrons. The van der Waals surface area contributed by atoms with Crippen LogP contribution in [0.4, 0.5) is 13.2 Å². The number of nitrogens with zero attached hydrogens (tertiary/aromatic N) is 3. The molecule has 1 atom stereocenters. The average molecular weight is 290 g/mol. The largest absolute Gasteiger partial charge is 0.391 e. The van der Waals surface area contributed by atoms with Crippen molar-refractivity contribution in [3.8, 4) is 0 Å². The van der Waals surface area contributed by atoms with Crippen LogP contribution in [-0.4, -0.2) is 27.0 Å². The molecule has 2 rings (SSSR count). The highest BCUT2D eigenvalue weighted by atomic mass is 19.4. The van der Waals surface area contributed by atoms with Gasteiger partial charge in [0.05, 0.1) is 5.92 Å². The van der Waals surface area contributed by atoms with Crippen molar-refractivity contribution in [1.29, 1.82) is 0 Å². The Labute approximate surface area is 116 Å². The summed E-state index contributed by atoms with van der Waals surface area (Å²) in [7, 11) is 0. The summed E-state index contributed by atoms with van der Waals surface area (Å²) in [6.45, 7) is 2.70. The Bertz CT molecular complexity index is 421. The third-order valence-electron chi connectivity index (χ3n) is 4.25. The van der Waals surface area contributed by atoms with Crippen LogP contribution in [0.15, 0.2) is 6.33 Å². The highest BCUT2D eigenvalue weighted by molar-refractivity contribution is 4.92. The van der Waals surface area contributed by atoms with Crippen molar-refractivity contribution in [2.75, 3.05) is 0 Å². The van der Waals surface area contributed by atoms with Gasteiger partial charge in [0.1, 0.15) is 12.2 Å². The topological polar surface area (TPSA) is 56.7 Å². The maximum Gasteiger partial charge on any atom is 0.391 e. The molecule has 4 nitrogen and oxygen atoms in total. The fourth-order valence-electron chi connectivity index (χ4n) is 2.96. The number of alkyl halides is 3. The summed E-state index contributed by atoms with van der Waals surface area (Å²) >= 11 is 0. The molecule has 1 fully saturated rings. The summed E-state index contributed by atoms with van der Waals surface area (Å²) in [4.78, 5) is 4.17. The monoisotopic (exact) mass is 290 g/mol. The van der Waals surface area contributed by atoms with Crippen molar-refractivity contribution in [2.24, 2.45) is 17.6 Å². The molecule has 2 N–H and O–H groups in total. The Balaban J connectivity index is 1.87. The first-order valence-electron chi connectivity index (χ1n) is 7.10. The van der Waals surface area contributed by atoms with Crippen molar-refractivity contribution < 1.29 is 13.2 Å². The number of aryl methyl sites for hydroxylation is 1. The Hall–Kier alpha value is -1.11. The highest BCUT2D eigenvalue weighted by Gasteiger charge is 2.42. The average Bonchev–Trinajstić information content (AvgIpc) is 2.85. The maximum absolute atomic E-state index is 12.6. The van der Waals surface area contributed by atoms with Crippen LogP contribution in [0.2, 0.25) is 0 Å². The summed E-state index contributed by atoms with van der Waals surface area (Å²) in [5, 5.41) is 4.08. The first kappa shape index (κ1) is 15.3. The zero-order chi connectivity index (χ0) is 14.8. The Morgan fingerprint density at radius 2 is 2.00 bits per heavy atom. The second-order valence-electron chi connectivity index (χ2n) is 5.51. The molecule has 1 aromatic rings. The van der Waals surface area contributed by atoms with Gasteiger partial charge in [0.15, 0.2) is 0 Å². The minimum Gasteiger partial charge on any atom is -0.327 e. The van der Waals surface area contributed by atoms with Crippen LogP contribution in [-0.2, 0) is 13.0 Å². The minimum absolute atomic E-state index is 0.140. The molecular weight excluding hydrogens is 269 g/mol. The second kappa shape index (κ2) is 6.11. The predicted molar refractivity (Wildman–Crippen MR) is 68.9 cm³/mol. The molecule has 1 saturated carbocycles. The smallest absolute Gasteiger partial charge is 0.327 e. The number of hydrogen-bond acceptors (Lipinski definition) is 3. The Kier molecular flexibility index (Phi) is 4.67. The number of hydrogen-bond donors (Lipinski definition) is 1. The van der Waals surface area contributed by atoms with E-state index in [0.717, 1.165) is 12.4 Å². The second-order valence-corrected chi connectivity index (χ2v) is 5.51. The van der Waals surface area contributed by atoms with Gasteiger partial charge in [-0.25, -0.2) is 4.98 Å². The van der Waals surface area contributed by atoms with Crippen LogP contribution >= 0.6 is 0 Å². The van der Waals surface area contributed by atoms with Crippen molar-refractivity contribution in [3.63, 3.8) is 0 Å². The zero-order valence-electron chi connectivity index (χ0n) is 11.6. The lowest BCUT2D eigenvalue weighted by Crippen LogP contribution is -2.38. The summed E-state index contributed by atoms with van der Waals surface area (Å²) in [6, 6.07) is -0.140. The highest BCUT2D eigenvalue weighted by Crippen LogP contribution is 2.40. The lowest BCUT2D eigenvalue weighted by atomic mass is 9.77. The van der Waals surface area contributed by atoms with Crippen LogP contribution in [0.3, 0.4) is 0 Å². The van der Waals surface area contributed by atoms with E-state index in [2.05, 4.69) is 10.1 Å². The quantitative estimate of drug-likeness (QED) is 0.927. The third-order valence-corrected chi connectivity index (χ3v) is 4.25. The van der Waals surface area contributed by atoms with Crippen molar-refractivity contribution in [3.05, 3.63) is 12.2 Å². The van der Waals surface area contributed by atoms with Gasteiger partial charge in [-0.2, -0.15) is 18.3 Å². The number of halogens is 3. The molecule has 7 heteroatoms. The molecule has 0 bridgehead atoms. The molecule has 1 heterocycles. The van der Waals surface area contributed by atoms with E-state index in [1.165, 1.54) is 6.33 Å². The Morgan fingerprint density at radius 1 is 1.35 bits per heavy atom. The lowest BCUT2D eigenvalue weighted by Gasteiger charge is -2.32. The summed E-state index contributed by atoms with van der Waals surface area (Å²) in [5.41, 5.74) is 6.16. The van der Waals surface area contributed by atoms with Crippen molar-refractivity contribution in [1.82, 2.24) is 14.8 Å². The van der Waals surface area contributed by atoms with E-state index in [-0.39, 0.29) is 24.8 Å². The van der Waals surface area contributed by atoms with Gasteiger partial charge in [-0.15, -0.1) is 0 Å². The van der Waals surface area contributed by atoms with E-state index in [4.69, 9.17) is 5.73 Å². The summed E-state index contributed by atoms with van der Waals surface area (Å²) in [6.07, 6.45) is -0.499. The van der Waals surface area contributed by atoms with Crippen LogP contribution in [0.25, 0.3) is 0 Å². The third kappa shape index (κ3) is 3.50. The van der Waals surface area contributed by atoms with E-state index in [9.17, 15) is 13.2 Å². The van der Waals surface area contributed by atoms with Gasteiger partial charge in [-0.3, -0.25) is 4.68 Å². The van der Waals surface area contributed by atoms with Crippen LogP contribution in [0, 0.1) is 11.8 Å². The number of aromatic nitrogens is 3. The number of nitrogens with two attached hydrogens (primary N) is 1. The SMILES string of the molecule is CCn1ncnc1CC(N)C1CCC(C(F)(F)F)CC1. The van der Waals surface area contributed by atoms with Gasteiger partial charge >= 0.3 is 6.18 Å². The Morgan fingerprint density at radius 3 is 2.55 bits per heavy atom. The van der Waals surface area contributed by atoms with Crippen molar-refractivity contribution >= 4 is 0 Å². The van der Waals surface area contributed by atoms with Crippen molar-refractivity contribution in [2.45, 2.75) is 57.8 Å². The predicted octanol–water partition coefficient (Wildman–Crippen LogP) is 2.54. The van der Waals surface area contributed by atoms with Gasteiger partial charge in [0.2, 0.25) is 0 Å². The van der Waals surface area contributed by atoms with Gasteiger partial charge < -0.3 is 5.73 Å². The van der Waals surface area contributed by atoms with Gasteiger partial charge in [0, 0.05) is 19.0 Å².